The second-order valence-electron chi connectivity index (χ2n) is 4.79. The van der Waals surface area contributed by atoms with Crippen molar-refractivity contribution < 1.29 is 14.4 Å². The van der Waals surface area contributed by atoms with Crippen molar-refractivity contribution in [1.29, 1.82) is 0 Å². The second-order valence-corrected chi connectivity index (χ2v) is 6.28. The smallest absolute Gasteiger partial charge is 0.317 e. The van der Waals surface area contributed by atoms with Gasteiger partial charge in [-0.05, 0) is 36.2 Å². The summed E-state index contributed by atoms with van der Waals surface area (Å²) < 4.78 is 0. The Bertz CT molecular complexity index is 764. The molecule has 2 aromatic rings. The predicted octanol–water partition coefficient (Wildman–Crippen LogP) is 2.83. The summed E-state index contributed by atoms with van der Waals surface area (Å²) in [5.41, 5.74) is 10.9. The van der Waals surface area contributed by atoms with Gasteiger partial charge in [-0.3, -0.25) is 14.9 Å². The monoisotopic (exact) mass is 382 g/mol. The van der Waals surface area contributed by atoms with E-state index in [4.69, 9.17) is 22.1 Å². The number of hydrogen-bond donors (Lipinski definition) is 3. The van der Waals surface area contributed by atoms with E-state index in [-0.39, 0.29) is 12.3 Å². The quantitative estimate of drug-likeness (QED) is 0.705. The van der Waals surface area contributed by atoms with Gasteiger partial charge < -0.3 is 16.4 Å². The fraction of sp³-hybridized carbons (Fsp3) is 0.188. The minimum absolute atomic E-state index is 0.167. The van der Waals surface area contributed by atoms with Crippen LogP contribution < -0.4 is 21.7 Å². The van der Waals surface area contributed by atoms with E-state index in [0.717, 1.165) is 5.56 Å². The fourth-order valence-corrected chi connectivity index (χ4v) is 3.30. The van der Waals surface area contributed by atoms with Gasteiger partial charge in [-0.1, -0.05) is 24.6 Å². The van der Waals surface area contributed by atoms with Gasteiger partial charge in [0.2, 0.25) is 6.41 Å². The zero-order valence-corrected chi connectivity index (χ0v) is 15.4. The summed E-state index contributed by atoms with van der Waals surface area (Å²) in [5, 5.41) is 3.73. The summed E-state index contributed by atoms with van der Waals surface area (Å²) in [6.45, 7) is 1.95. The SMILES string of the molecule is CCc1cc(C(=O)N(C)c2cccc(Cl)c2)sc1NC(N)=O.NC=O. The Morgan fingerprint density at radius 2 is 2.00 bits per heavy atom. The molecule has 0 fully saturated rings. The Morgan fingerprint density at radius 3 is 2.52 bits per heavy atom. The number of benzene rings is 1. The van der Waals surface area contributed by atoms with Crippen molar-refractivity contribution in [2.24, 2.45) is 11.5 Å². The number of anilines is 2. The maximum atomic E-state index is 12.6. The topological polar surface area (TPSA) is 119 Å². The first-order chi connectivity index (χ1) is 11.8. The molecule has 25 heavy (non-hydrogen) atoms. The summed E-state index contributed by atoms with van der Waals surface area (Å²) in [5.74, 6) is -0.167. The molecular weight excluding hydrogens is 364 g/mol. The lowest BCUT2D eigenvalue weighted by Crippen LogP contribution is -2.25. The number of thiophene rings is 1. The van der Waals surface area contributed by atoms with Crippen molar-refractivity contribution in [3.63, 3.8) is 0 Å². The molecule has 0 unspecified atom stereocenters. The summed E-state index contributed by atoms with van der Waals surface area (Å²) in [6.07, 6.45) is 0.945. The number of aryl methyl sites for hydroxylation is 1. The molecule has 0 aliphatic heterocycles. The number of hydrogen-bond acceptors (Lipinski definition) is 4. The van der Waals surface area contributed by atoms with Gasteiger partial charge in [0.25, 0.3) is 5.91 Å². The molecule has 0 spiro atoms. The van der Waals surface area contributed by atoms with Crippen molar-refractivity contribution >= 4 is 52.0 Å². The minimum Gasteiger partial charge on any atom is -0.372 e. The van der Waals surface area contributed by atoms with E-state index in [1.54, 1.807) is 37.4 Å². The lowest BCUT2D eigenvalue weighted by atomic mass is 10.2. The van der Waals surface area contributed by atoms with Gasteiger partial charge in [-0.2, -0.15) is 0 Å². The number of carbonyl (C=O) groups is 3. The van der Waals surface area contributed by atoms with Crippen molar-refractivity contribution in [3.8, 4) is 0 Å². The molecule has 1 aromatic heterocycles. The second kappa shape index (κ2) is 9.65. The van der Waals surface area contributed by atoms with Crippen LogP contribution >= 0.6 is 22.9 Å². The Balaban J connectivity index is 0.000000970. The van der Waals surface area contributed by atoms with Crippen LogP contribution in [0.1, 0.15) is 22.2 Å². The molecule has 0 saturated carbocycles. The number of nitrogens with one attached hydrogen (secondary N) is 1. The van der Waals surface area contributed by atoms with Gasteiger partial charge in [-0.15, -0.1) is 11.3 Å². The molecule has 9 heteroatoms. The summed E-state index contributed by atoms with van der Waals surface area (Å²) in [4.78, 5) is 34.2. The number of nitrogens with two attached hydrogens (primary N) is 2. The zero-order chi connectivity index (χ0) is 19.0. The zero-order valence-electron chi connectivity index (χ0n) is 13.8. The molecular formula is C16H19ClN4O3S. The predicted molar refractivity (Wildman–Crippen MR) is 101 cm³/mol. The third-order valence-electron chi connectivity index (χ3n) is 3.14. The molecule has 2 rings (SSSR count). The number of rotatable bonds is 4. The lowest BCUT2D eigenvalue weighted by Gasteiger charge is -2.16. The maximum Gasteiger partial charge on any atom is 0.317 e. The average molecular weight is 383 g/mol. The Hall–Kier alpha value is -2.58. The first kappa shape index (κ1) is 20.5. The van der Waals surface area contributed by atoms with E-state index in [1.165, 1.54) is 16.2 Å². The van der Waals surface area contributed by atoms with Crippen LogP contribution in [0.25, 0.3) is 0 Å². The van der Waals surface area contributed by atoms with Crippen LogP contribution in [0.15, 0.2) is 30.3 Å². The Kier molecular flexibility index (Phi) is 7.90. The van der Waals surface area contributed by atoms with E-state index in [0.29, 0.717) is 27.0 Å². The van der Waals surface area contributed by atoms with Crippen LogP contribution in [0.2, 0.25) is 5.02 Å². The van der Waals surface area contributed by atoms with E-state index >= 15 is 0 Å². The fourth-order valence-electron chi connectivity index (χ4n) is 1.98. The van der Waals surface area contributed by atoms with Crippen molar-refractivity contribution in [2.45, 2.75) is 13.3 Å². The molecule has 0 aliphatic rings. The Labute approximate surface area is 154 Å². The highest BCUT2D eigenvalue weighted by Gasteiger charge is 2.19. The molecule has 0 radical (unpaired) electrons. The number of halogens is 1. The summed E-state index contributed by atoms with van der Waals surface area (Å²) >= 11 is 7.16. The molecule has 5 N–H and O–H groups in total. The van der Waals surface area contributed by atoms with Crippen LogP contribution in [0.5, 0.6) is 0 Å². The van der Waals surface area contributed by atoms with E-state index in [2.05, 4.69) is 11.1 Å². The van der Waals surface area contributed by atoms with Crippen LogP contribution in [-0.4, -0.2) is 25.4 Å². The lowest BCUT2D eigenvalue weighted by molar-refractivity contribution is -0.106. The highest BCUT2D eigenvalue weighted by atomic mass is 35.5. The number of primary amides is 2. The summed E-state index contributed by atoms with van der Waals surface area (Å²) in [7, 11) is 1.68. The van der Waals surface area contributed by atoms with Gasteiger partial charge in [0.15, 0.2) is 0 Å². The van der Waals surface area contributed by atoms with Gasteiger partial charge in [0.05, 0.1) is 4.88 Å². The van der Waals surface area contributed by atoms with Crippen LogP contribution in [0.4, 0.5) is 15.5 Å². The van der Waals surface area contributed by atoms with Crippen LogP contribution in [-0.2, 0) is 11.2 Å². The van der Waals surface area contributed by atoms with E-state index < -0.39 is 6.03 Å². The molecule has 1 aromatic carbocycles. The highest BCUT2D eigenvalue weighted by Crippen LogP contribution is 2.30. The number of nitrogens with zero attached hydrogens (tertiary/aromatic N) is 1. The summed E-state index contributed by atoms with van der Waals surface area (Å²) in [6, 6.07) is 8.20. The molecule has 0 aliphatic carbocycles. The maximum absolute atomic E-state index is 12.6. The van der Waals surface area contributed by atoms with Crippen LogP contribution in [0, 0.1) is 0 Å². The standard InChI is InChI=1S/C15H16ClN3O2S.CH3NO/c1-3-9-7-12(22-13(9)18-15(17)21)14(20)19(2)11-6-4-5-10(16)8-11;2-1-3/h4-8H,3H2,1-2H3,(H3,17,18,21);1H,(H2,2,3). The van der Waals surface area contributed by atoms with Gasteiger partial charge in [0.1, 0.15) is 5.00 Å². The first-order valence-electron chi connectivity index (χ1n) is 7.22. The number of carbonyl (C=O) groups excluding carboxylic acids is 3. The minimum atomic E-state index is -0.640. The molecule has 7 nitrogen and oxygen atoms in total. The molecule has 1 heterocycles. The van der Waals surface area contributed by atoms with Gasteiger partial charge in [0, 0.05) is 17.8 Å². The van der Waals surface area contributed by atoms with Gasteiger partial charge in [-0.25, -0.2) is 4.79 Å². The first-order valence-corrected chi connectivity index (χ1v) is 8.41. The van der Waals surface area contributed by atoms with Crippen molar-refractivity contribution in [3.05, 3.63) is 45.8 Å². The average Bonchev–Trinajstić information content (AvgIpc) is 2.96. The van der Waals surface area contributed by atoms with Crippen molar-refractivity contribution in [1.82, 2.24) is 0 Å². The van der Waals surface area contributed by atoms with E-state index in [9.17, 15) is 9.59 Å². The molecule has 0 atom stereocenters. The third-order valence-corrected chi connectivity index (χ3v) is 4.45. The Morgan fingerprint density at radius 1 is 1.36 bits per heavy atom. The highest BCUT2D eigenvalue weighted by molar-refractivity contribution is 7.18. The van der Waals surface area contributed by atoms with E-state index in [1.807, 2.05) is 6.92 Å². The number of urea groups is 1. The molecule has 4 amide bonds. The molecule has 0 saturated heterocycles. The normalized spacial score (nSPS) is 9.56. The number of amides is 4. The third kappa shape index (κ3) is 5.77. The largest absolute Gasteiger partial charge is 0.372 e. The van der Waals surface area contributed by atoms with Gasteiger partial charge >= 0.3 is 6.03 Å². The van der Waals surface area contributed by atoms with Crippen LogP contribution in [0.3, 0.4) is 0 Å². The molecule has 134 valence electrons. The molecule has 0 bridgehead atoms. The van der Waals surface area contributed by atoms with Crippen molar-refractivity contribution in [2.75, 3.05) is 17.3 Å².